The van der Waals surface area contributed by atoms with Gasteiger partial charge in [0.05, 0.1) is 6.04 Å². The van der Waals surface area contributed by atoms with Crippen LogP contribution in [0.15, 0.2) is 24.3 Å². The molecule has 1 aliphatic heterocycles. The summed E-state index contributed by atoms with van der Waals surface area (Å²) < 4.78 is 5.72. The van der Waals surface area contributed by atoms with Crippen LogP contribution in [0.4, 0.5) is 0 Å². The predicted molar refractivity (Wildman–Crippen MR) is 83.4 cm³/mol. The lowest BCUT2D eigenvalue weighted by molar-refractivity contribution is -0.147. The highest BCUT2D eigenvalue weighted by Gasteiger charge is 2.54. The van der Waals surface area contributed by atoms with E-state index in [1.807, 2.05) is 18.2 Å². The molecule has 4 bridgehead atoms. The van der Waals surface area contributed by atoms with Crippen molar-refractivity contribution in [3.63, 3.8) is 0 Å². The largest absolute Gasteiger partial charge is 0.491 e. The van der Waals surface area contributed by atoms with Crippen LogP contribution in [0.5, 0.6) is 5.75 Å². The van der Waals surface area contributed by atoms with Crippen molar-refractivity contribution in [2.24, 2.45) is 23.2 Å². The molecular weight excluding hydrogens is 274 g/mol. The second-order valence-electron chi connectivity index (χ2n) is 8.07. The minimum atomic E-state index is -0.0632. The summed E-state index contributed by atoms with van der Waals surface area (Å²) in [6.45, 7) is 0.581. The van der Waals surface area contributed by atoms with E-state index in [9.17, 15) is 4.79 Å². The number of rotatable bonds is 2. The molecule has 1 amide bonds. The maximum Gasteiger partial charge on any atom is 0.226 e. The molecule has 0 spiro atoms. The van der Waals surface area contributed by atoms with Gasteiger partial charge in [-0.2, -0.15) is 0 Å². The fourth-order valence-corrected chi connectivity index (χ4v) is 5.98. The molecule has 116 valence electrons. The van der Waals surface area contributed by atoms with Crippen molar-refractivity contribution >= 4 is 5.91 Å². The topological polar surface area (TPSA) is 38.3 Å². The lowest BCUT2D eigenvalue weighted by Crippen LogP contribution is -2.54. The Morgan fingerprint density at radius 3 is 2.36 bits per heavy atom. The molecule has 0 aromatic heterocycles. The molecule has 0 radical (unpaired) electrons. The summed E-state index contributed by atoms with van der Waals surface area (Å²) in [7, 11) is 0. The lowest BCUT2D eigenvalue weighted by atomic mass is 9.49. The number of carbonyl (C=O) groups is 1. The Morgan fingerprint density at radius 2 is 1.68 bits per heavy atom. The highest BCUT2D eigenvalue weighted by Crippen LogP contribution is 2.60. The van der Waals surface area contributed by atoms with Gasteiger partial charge in [0.2, 0.25) is 5.91 Å². The van der Waals surface area contributed by atoms with Gasteiger partial charge in [-0.25, -0.2) is 0 Å². The van der Waals surface area contributed by atoms with E-state index in [4.69, 9.17) is 4.74 Å². The zero-order valence-electron chi connectivity index (χ0n) is 12.9. The van der Waals surface area contributed by atoms with Crippen LogP contribution in [0.25, 0.3) is 0 Å². The second-order valence-corrected chi connectivity index (χ2v) is 8.07. The van der Waals surface area contributed by atoms with Gasteiger partial charge >= 0.3 is 0 Å². The standard InChI is InChI=1S/C19H23NO2/c21-18(20-16-11-22-17-4-2-1-3-15(16)17)19-8-12-5-13(9-19)7-14(6-12)10-19/h1-4,12-14,16H,5-11H2,(H,20,21). The first-order chi connectivity index (χ1) is 10.7. The van der Waals surface area contributed by atoms with Crippen molar-refractivity contribution in [2.45, 2.75) is 44.6 Å². The molecule has 1 unspecified atom stereocenters. The number of para-hydroxylation sites is 1. The zero-order chi connectivity index (χ0) is 14.7. The third kappa shape index (κ3) is 1.84. The Hall–Kier alpha value is -1.51. The van der Waals surface area contributed by atoms with Crippen LogP contribution in [-0.4, -0.2) is 12.5 Å². The van der Waals surface area contributed by atoms with Gasteiger partial charge in [0.1, 0.15) is 12.4 Å². The van der Waals surface area contributed by atoms with Crippen LogP contribution in [0.3, 0.4) is 0 Å². The Balaban J connectivity index is 1.38. The summed E-state index contributed by atoms with van der Waals surface area (Å²) in [6, 6.07) is 8.12. The summed E-state index contributed by atoms with van der Waals surface area (Å²) in [5.41, 5.74) is 1.08. The molecule has 4 aliphatic carbocycles. The normalized spacial score (nSPS) is 41.1. The molecule has 3 heteroatoms. The van der Waals surface area contributed by atoms with E-state index in [1.165, 1.54) is 19.3 Å². The molecule has 22 heavy (non-hydrogen) atoms. The molecule has 1 heterocycles. The highest BCUT2D eigenvalue weighted by molar-refractivity contribution is 5.83. The number of hydrogen-bond acceptors (Lipinski definition) is 2. The van der Waals surface area contributed by atoms with Crippen LogP contribution in [0, 0.1) is 23.2 Å². The van der Waals surface area contributed by atoms with Crippen molar-refractivity contribution in [1.82, 2.24) is 5.32 Å². The number of carbonyl (C=O) groups excluding carboxylic acids is 1. The fraction of sp³-hybridized carbons (Fsp3) is 0.632. The van der Waals surface area contributed by atoms with E-state index in [2.05, 4.69) is 11.4 Å². The summed E-state index contributed by atoms with van der Waals surface area (Å²) in [6.07, 6.45) is 7.51. The molecule has 1 aromatic carbocycles. The van der Waals surface area contributed by atoms with E-state index in [-0.39, 0.29) is 11.5 Å². The van der Waals surface area contributed by atoms with E-state index in [1.54, 1.807) is 0 Å². The predicted octanol–water partition coefficient (Wildman–Crippen LogP) is 3.45. The summed E-state index contributed by atoms with van der Waals surface area (Å²) >= 11 is 0. The molecule has 1 aromatic rings. The summed E-state index contributed by atoms with van der Waals surface area (Å²) in [5, 5.41) is 3.33. The van der Waals surface area contributed by atoms with Crippen LogP contribution < -0.4 is 10.1 Å². The molecule has 4 saturated carbocycles. The number of ether oxygens (including phenoxy) is 1. The van der Waals surface area contributed by atoms with Gasteiger partial charge in [-0.15, -0.1) is 0 Å². The number of fused-ring (bicyclic) bond motifs is 1. The van der Waals surface area contributed by atoms with Gasteiger partial charge in [0.15, 0.2) is 0 Å². The molecule has 4 fully saturated rings. The minimum Gasteiger partial charge on any atom is -0.491 e. The first-order valence-corrected chi connectivity index (χ1v) is 8.74. The third-order valence-corrected chi connectivity index (χ3v) is 6.53. The van der Waals surface area contributed by atoms with Gasteiger partial charge < -0.3 is 10.1 Å². The van der Waals surface area contributed by atoms with Crippen molar-refractivity contribution in [1.29, 1.82) is 0 Å². The molecule has 1 atom stereocenters. The van der Waals surface area contributed by atoms with Gasteiger partial charge in [0.25, 0.3) is 0 Å². The smallest absolute Gasteiger partial charge is 0.226 e. The zero-order valence-corrected chi connectivity index (χ0v) is 12.9. The maximum absolute atomic E-state index is 13.1. The van der Waals surface area contributed by atoms with Crippen LogP contribution in [0.2, 0.25) is 0 Å². The molecular formula is C19H23NO2. The molecule has 6 rings (SSSR count). The van der Waals surface area contributed by atoms with Gasteiger partial charge in [-0.05, 0) is 62.3 Å². The van der Waals surface area contributed by atoms with Crippen LogP contribution in [0.1, 0.15) is 50.1 Å². The van der Waals surface area contributed by atoms with E-state index < -0.39 is 0 Å². The van der Waals surface area contributed by atoms with Crippen LogP contribution in [-0.2, 0) is 4.79 Å². The van der Waals surface area contributed by atoms with Crippen molar-refractivity contribution in [3.8, 4) is 5.75 Å². The average Bonchev–Trinajstić information content (AvgIpc) is 2.89. The quantitative estimate of drug-likeness (QED) is 0.908. The van der Waals surface area contributed by atoms with Crippen LogP contribution >= 0.6 is 0 Å². The number of amides is 1. The lowest BCUT2D eigenvalue weighted by Gasteiger charge is -2.55. The van der Waals surface area contributed by atoms with E-state index in [0.29, 0.717) is 12.5 Å². The van der Waals surface area contributed by atoms with Gasteiger partial charge in [0, 0.05) is 11.0 Å². The second kappa shape index (κ2) is 4.50. The van der Waals surface area contributed by atoms with E-state index >= 15 is 0 Å². The summed E-state index contributed by atoms with van der Waals surface area (Å²) in [5.74, 6) is 3.66. The Labute approximate surface area is 131 Å². The first-order valence-electron chi connectivity index (χ1n) is 8.74. The fourth-order valence-electron chi connectivity index (χ4n) is 5.98. The minimum absolute atomic E-state index is 0.0386. The Kier molecular flexibility index (Phi) is 2.65. The van der Waals surface area contributed by atoms with Gasteiger partial charge in [-0.3, -0.25) is 4.79 Å². The molecule has 0 saturated heterocycles. The van der Waals surface area contributed by atoms with Gasteiger partial charge in [-0.1, -0.05) is 18.2 Å². The van der Waals surface area contributed by atoms with Crippen molar-refractivity contribution < 1.29 is 9.53 Å². The number of benzene rings is 1. The van der Waals surface area contributed by atoms with Crippen molar-refractivity contribution in [3.05, 3.63) is 29.8 Å². The highest BCUT2D eigenvalue weighted by atomic mass is 16.5. The molecule has 1 N–H and O–H groups in total. The van der Waals surface area contributed by atoms with Crippen molar-refractivity contribution in [2.75, 3.05) is 6.61 Å². The maximum atomic E-state index is 13.1. The third-order valence-electron chi connectivity index (χ3n) is 6.53. The summed E-state index contributed by atoms with van der Waals surface area (Å²) in [4.78, 5) is 13.1. The molecule has 5 aliphatic rings. The average molecular weight is 297 g/mol. The first kappa shape index (κ1) is 13.0. The number of nitrogens with one attached hydrogen (secondary N) is 1. The Bertz CT molecular complexity index is 588. The SMILES string of the molecule is O=C(NC1COc2ccccc21)C12CC3CC(CC(C3)C1)C2. The Morgan fingerprint density at radius 1 is 1.05 bits per heavy atom. The molecule has 3 nitrogen and oxygen atoms in total. The monoisotopic (exact) mass is 297 g/mol. The number of hydrogen-bond donors (Lipinski definition) is 1. The van der Waals surface area contributed by atoms with E-state index in [0.717, 1.165) is 48.3 Å².